The SMILES string of the molecule is COC(=O)C1CCCC1S(=O)(=O)NCC1C(C)(C)C1(C)C. The average Bonchev–Trinajstić information content (AvgIpc) is 2.79. The van der Waals surface area contributed by atoms with Gasteiger partial charge in [-0.15, -0.1) is 0 Å². The van der Waals surface area contributed by atoms with Crippen molar-refractivity contribution in [1.29, 1.82) is 0 Å². The van der Waals surface area contributed by atoms with Gasteiger partial charge in [0.15, 0.2) is 0 Å². The molecule has 0 aromatic rings. The van der Waals surface area contributed by atoms with Crippen LogP contribution in [-0.2, 0) is 19.6 Å². The van der Waals surface area contributed by atoms with Gasteiger partial charge in [0, 0.05) is 6.54 Å². The van der Waals surface area contributed by atoms with E-state index >= 15 is 0 Å². The summed E-state index contributed by atoms with van der Waals surface area (Å²) in [6.07, 6.45) is 1.89. The van der Waals surface area contributed by atoms with Crippen molar-refractivity contribution in [2.24, 2.45) is 22.7 Å². The summed E-state index contributed by atoms with van der Waals surface area (Å²) in [5.74, 6) is -0.597. The summed E-state index contributed by atoms with van der Waals surface area (Å²) in [6.45, 7) is 9.11. The second-order valence-corrected chi connectivity index (χ2v) is 9.47. The largest absolute Gasteiger partial charge is 0.469 e. The lowest BCUT2D eigenvalue weighted by atomic mass is 10.0. The number of sulfonamides is 1. The van der Waals surface area contributed by atoms with E-state index in [9.17, 15) is 13.2 Å². The van der Waals surface area contributed by atoms with Gasteiger partial charge in [-0.05, 0) is 29.6 Å². The summed E-state index contributed by atoms with van der Waals surface area (Å²) in [5.41, 5.74) is 0.292. The zero-order valence-corrected chi connectivity index (χ0v) is 14.4. The minimum atomic E-state index is -3.47. The van der Waals surface area contributed by atoms with E-state index in [2.05, 4.69) is 32.4 Å². The Balaban J connectivity index is 2.01. The van der Waals surface area contributed by atoms with E-state index < -0.39 is 27.2 Å². The molecular formula is C15H27NO4S. The first-order valence-electron chi connectivity index (χ1n) is 7.62. The zero-order chi connectivity index (χ0) is 16.1. The first-order chi connectivity index (χ1) is 9.55. The van der Waals surface area contributed by atoms with Gasteiger partial charge in [0.2, 0.25) is 10.0 Å². The molecule has 0 amide bonds. The number of nitrogens with one attached hydrogen (secondary N) is 1. The summed E-state index contributed by atoms with van der Waals surface area (Å²) in [7, 11) is -2.16. The third-order valence-electron chi connectivity index (χ3n) is 6.16. The highest BCUT2D eigenvalue weighted by atomic mass is 32.2. The summed E-state index contributed by atoms with van der Waals surface area (Å²) in [6, 6.07) is 0. The van der Waals surface area contributed by atoms with Crippen LogP contribution in [0.15, 0.2) is 0 Å². The van der Waals surface area contributed by atoms with Crippen molar-refractivity contribution in [3.8, 4) is 0 Å². The van der Waals surface area contributed by atoms with Gasteiger partial charge in [-0.25, -0.2) is 13.1 Å². The highest BCUT2D eigenvalue weighted by molar-refractivity contribution is 7.90. The molecule has 0 radical (unpaired) electrons. The Morgan fingerprint density at radius 2 is 1.76 bits per heavy atom. The third-order valence-corrected chi connectivity index (χ3v) is 8.09. The van der Waals surface area contributed by atoms with E-state index in [1.807, 2.05) is 0 Å². The van der Waals surface area contributed by atoms with E-state index in [0.29, 0.717) is 25.3 Å². The Morgan fingerprint density at radius 3 is 2.24 bits per heavy atom. The normalized spacial score (nSPS) is 31.1. The molecule has 21 heavy (non-hydrogen) atoms. The molecule has 2 fully saturated rings. The zero-order valence-electron chi connectivity index (χ0n) is 13.6. The minimum absolute atomic E-state index is 0.146. The summed E-state index contributed by atoms with van der Waals surface area (Å²) < 4.78 is 32.5. The van der Waals surface area contributed by atoms with E-state index in [4.69, 9.17) is 4.74 Å². The second kappa shape index (κ2) is 5.23. The molecule has 2 aliphatic rings. The number of carbonyl (C=O) groups excluding carboxylic acids is 1. The van der Waals surface area contributed by atoms with Gasteiger partial charge in [0.25, 0.3) is 0 Å². The molecule has 2 aliphatic carbocycles. The molecule has 2 rings (SSSR count). The highest BCUT2D eigenvalue weighted by Crippen LogP contribution is 2.68. The van der Waals surface area contributed by atoms with Crippen molar-refractivity contribution in [2.75, 3.05) is 13.7 Å². The molecule has 2 atom stereocenters. The number of hydrogen-bond donors (Lipinski definition) is 1. The maximum Gasteiger partial charge on any atom is 0.310 e. The molecule has 0 spiro atoms. The number of ether oxygens (including phenoxy) is 1. The minimum Gasteiger partial charge on any atom is -0.469 e. The standard InChI is InChI=1S/C15H27NO4S/c1-14(2)12(15(14,3)4)9-16-21(18,19)11-8-6-7-10(11)13(17)20-5/h10-12,16H,6-9H2,1-5H3. The summed E-state index contributed by atoms with van der Waals surface area (Å²) >= 11 is 0. The molecule has 0 heterocycles. The van der Waals surface area contributed by atoms with Crippen LogP contribution in [0.4, 0.5) is 0 Å². The molecule has 0 aromatic heterocycles. The van der Waals surface area contributed by atoms with Crippen LogP contribution in [0.1, 0.15) is 47.0 Å². The van der Waals surface area contributed by atoms with Gasteiger partial charge in [-0.2, -0.15) is 0 Å². The topological polar surface area (TPSA) is 72.5 Å². The van der Waals surface area contributed by atoms with Crippen LogP contribution in [0.25, 0.3) is 0 Å². The number of esters is 1. The molecule has 1 N–H and O–H groups in total. The van der Waals surface area contributed by atoms with Crippen molar-refractivity contribution in [1.82, 2.24) is 4.72 Å². The fourth-order valence-corrected chi connectivity index (χ4v) is 5.64. The Kier molecular flexibility index (Phi) is 4.17. The van der Waals surface area contributed by atoms with E-state index in [1.165, 1.54) is 7.11 Å². The quantitative estimate of drug-likeness (QED) is 0.786. The maximum atomic E-state index is 12.5. The van der Waals surface area contributed by atoms with Crippen molar-refractivity contribution >= 4 is 16.0 Å². The summed E-state index contributed by atoms with van der Waals surface area (Å²) in [5, 5.41) is -0.644. The summed E-state index contributed by atoms with van der Waals surface area (Å²) in [4.78, 5) is 11.7. The monoisotopic (exact) mass is 317 g/mol. The van der Waals surface area contributed by atoms with Crippen molar-refractivity contribution < 1.29 is 17.9 Å². The van der Waals surface area contributed by atoms with Crippen molar-refractivity contribution in [3.05, 3.63) is 0 Å². The first-order valence-corrected chi connectivity index (χ1v) is 9.16. The molecule has 122 valence electrons. The van der Waals surface area contributed by atoms with E-state index in [0.717, 1.165) is 6.42 Å². The molecule has 2 unspecified atom stereocenters. The fraction of sp³-hybridized carbons (Fsp3) is 0.933. The van der Waals surface area contributed by atoms with Crippen LogP contribution in [-0.4, -0.2) is 33.3 Å². The van der Waals surface area contributed by atoms with Gasteiger partial charge >= 0.3 is 5.97 Å². The lowest BCUT2D eigenvalue weighted by Crippen LogP contribution is -2.40. The number of hydrogen-bond acceptors (Lipinski definition) is 4. The maximum absolute atomic E-state index is 12.5. The van der Waals surface area contributed by atoms with Crippen molar-refractivity contribution in [2.45, 2.75) is 52.2 Å². The van der Waals surface area contributed by atoms with Crippen LogP contribution in [0.3, 0.4) is 0 Å². The number of carbonyl (C=O) groups is 1. The van der Waals surface area contributed by atoms with Gasteiger partial charge in [-0.1, -0.05) is 34.1 Å². The van der Waals surface area contributed by atoms with E-state index in [-0.39, 0.29) is 10.8 Å². The molecule has 2 saturated carbocycles. The van der Waals surface area contributed by atoms with Crippen LogP contribution in [0.2, 0.25) is 0 Å². The molecule has 6 heteroatoms. The second-order valence-electron chi connectivity index (χ2n) is 7.49. The smallest absolute Gasteiger partial charge is 0.310 e. The molecular weight excluding hydrogens is 290 g/mol. The number of methoxy groups -OCH3 is 1. The third kappa shape index (κ3) is 2.72. The lowest BCUT2D eigenvalue weighted by Gasteiger charge is -2.19. The molecule has 0 aromatic carbocycles. The van der Waals surface area contributed by atoms with Crippen molar-refractivity contribution in [3.63, 3.8) is 0 Å². The van der Waals surface area contributed by atoms with Crippen LogP contribution in [0, 0.1) is 22.7 Å². The predicted molar refractivity (Wildman–Crippen MR) is 81.1 cm³/mol. The molecule has 0 saturated heterocycles. The molecule has 0 bridgehead atoms. The highest BCUT2D eigenvalue weighted by Gasteiger charge is 2.64. The molecule has 0 aliphatic heterocycles. The average molecular weight is 317 g/mol. The first kappa shape index (κ1) is 16.7. The van der Waals surface area contributed by atoms with Crippen LogP contribution >= 0.6 is 0 Å². The Morgan fingerprint density at radius 1 is 1.19 bits per heavy atom. The Labute approximate surface area is 127 Å². The van der Waals surface area contributed by atoms with Crippen LogP contribution in [0.5, 0.6) is 0 Å². The fourth-order valence-electron chi connectivity index (χ4n) is 3.87. The Bertz CT molecular complexity index is 510. The van der Waals surface area contributed by atoms with Gasteiger partial charge in [-0.3, -0.25) is 4.79 Å². The predicted octanol–water partition coefficient (Wildman–Crippen LogP) is 1.93. The van der Waals surface area contributed by atoms with Gasteiger partial charge < -0.3 is 4.74 Å². The van der Waals surface area contributed by atoms with Gasteiger partial charge in [0.05, 0.1) is 18.3 Å². The lowest BCUT2D eigenvalue weighted by molar-refractivity contribution is -0.145. The number of rotatable bonds is 5. The van der Waals surface area contributed by atoms with Crippen LogP contribution < -0.4 is 4.72 Å². The Hall–Kier alpha value is -0.620. The van der Waals surface area contributed by atoms with Gasteiger partial charge in [0.1, 0.15) is 0 Å². The molecule has 5 nitrogen and oxygen atoms in total. The van der Waals surface area contributed by atoms with E-state index in [1.54, 1.807) is 0 Å².